The smallest absolute Gasteiger partial charge is 0.323 e. The molecule has 4 aromatic rings. The van der Waals surface area contributed by atoms with Gasteiger partial charge in [-0.25, -0.2) is 13.2 Å². The van der Waals surface area contributed by atoms with Crippen molar-refractivity contribution in [2.75, 3.05) is 13.2 Å². The summed E-state index contributed by atoms with van der Waals surface area (Å²) in [7, 11) is 0. The zero-order valence-electron chi connectivity index (χ0n) is 23.7. The van der Waals surface area contributed by atoms with E-state index in [1.165, 1.54) is 12.1 Å². The third kappa shape index (κ3) is 8.23. The number of nitrogens with zero attached hydrogens (tertiary/aromatic N) is 1. The fraction of sp³-hybridized carbons (Fsp3) is 0.212. The summed E-state index contributed by atoms with van der Waals surface area (Å²) in [4.78, 5) is 22.7. The van der Waals surface area contributed by atoms with Crippen LogP contribution in [0.1, 0.15) is 35.2 Å². The van der Waals surface area contributed by atoms with E-state index >= 15 is 0 Å². The van der Waals surface area contributed by atoms with Gasteiger partial charge in [0.05, 0.1) is 5.52 Å². The summed E-state index contributed by atoms with van der Waals surface area (Å²) < 4.78 is 54.1. The number of aliphatic carboxylic acids is 2. The van der Waals surface area contributed by atoms with Crippen LogP contribution in [0.5, 0.6) is 11.5 Å². The van der Waals surface area contributed by atoms with Crippen LogP contribution in [0.2, 0.25) is 5.02 Å². The number of carboxylic acids is 2. The molecular weight excluding hydrogens is 599 g/mol. The second-order valence-corrected chi connectivity index (χ2v) is 10.3. The second-order valence-electron chi connectivity index (χ2n) is 9.88. The average Bonchev–Trinajstić information content (AvgIpc) is 3.21. The van der Waals surface area contributed by atoms with Gasteiger partial charge in [0, 0.05) is 35.2 Å². The first-order valence-corrected chi connectivity index (χ1v) is 14.0. The molecule has 0 amide bonds. The van der Waals surface area contributed by atoms with Gasteiger partial charge in [-0.15, -0.1) is 0 Å². The van der Waals surface area contributed by atoms with Crippen molar-refractivity contribution < 1.29 is 42.4 Å². The van der Waals surface area contributed by atoms with Crippen LogP contribution in [0.4, 0.5) is 13.2 Å². The summed E-state index contributed by atoms with van der Waals surface area (Å²) in [5.74, 6) is -3.69. The number of hydrogen-bond acceptors (Lipinski definition) is 4. The first kappa shape index (κ1) is 32.2. The molecule has 1 heterocycles. The van der Waals surface area contributed by atoms with Crippen LogP contribution in [0.3, 0.4) is 0 Å². The molecule has 0 aliphatic heterocycles. The topological polar surface area (TPSA) is 98.0 Å². The van der Waals surface area contributed by atoms with Gasteiger partial charge < -0.3 is 24.3 Å². The molecule has 0 bridgehead atoms. The van der Waals surface area contributed by atoms with Crippen LogP contribution >= 0.6 is 11.6 Å². The van der Waals surface area contributed by atoms with E-state index in [2.05, 4.69) is 0 Å². The summed E-state index contributed by atoms with van der Waals surface area (Å²) in [5, 5.41) is 18.8. The zero-order valence-corrected chi connectivity index (χ0v) is 24.4. The van der Waals surface area contributed by atoms with Crippen LogP contribution in [-0.2, 0) is 22.6 Å². The zero-order chi connectivity index (χ0) is 31.8. The van der Waals surface area contributed by atoms with E-state index in [1.807, 2.05) is 0 Å². The van der Waals surface area contributed by atoms with Crippen LogP contribution in [0.15, 0.2) is 60.7 Å². The molecule has 11 heteroatoms. The van der Waals surface area contributed by atoms with Gasteiger partial charge in [0.25, 0.3) is 0 Å². The van der Waals surface area contributed by atoms with Gasteiger partial charge in [-0.2, -0.15) is 0 Å². The normalized spacial score (nSPS) is 11.6. The molecule has 44 heavy (non-hydrogen) atoms. The maximum atomic E-state index is 14.7. The summed E-state index contributed by atoms with van der Waals surface area (Å²) >= 11 is 5.77. The van der Waals surface area contributed by atoms with Gasteiger partial charge in [-0.1, -0.05) is 35.9 Å². The van der Waals surface area contributed by atoms with Crippen molar-refractivity contribution in [3.63, 3.8) is 0 Å². The van der Waals surface area contributed by atoms with Crippen LogP contribution in [-0.4, -0.2) is 39.9 Å². The van der Waals surface area contributed by atoms with Gasteiger partial charge in [0.2, 0.25) is 0 Å². The fourth-order valence-corrected chi connectivity index (χ4v) is 4.95. The Bertz CT molecular complexity index is 1730. The van der Waals surface area contributed by atoms with E-state index in [0.717, 1.165) is 17.2 Å². The van der Waals surface area contributed by atoms with Gasteiger partial charge in [0.15, 0.2) is 0 Å². The number of carboxylic acid groups (broad SMARTS) is 2. The van der Waals surface area contributed by atoms with Crippen LogP contribution < -0.4 is 9.47 Å². The third-order valence-electron chi connectivity index (χ3n) is 6.79. The van der Waals surface area contributed by atoms with Gasteiger partial charge in [0.1, 0.15) is 53.7 Å². The highest BCUT2D eigenvalue weighted by molar-refractivity contribution is 6.32. The minimum Gasteiger partial charge on any atom is -0.490 e. The first-order chi connectivity index (χ1) is 21.0. The fourth-order valence-electron chi connectivity index (χ4n) is 4.79. The Morgan fingerprint density at radius 1 is 0.909 bits per heavy atom. The second kappa shape index (κ2) is 14.7. The molecule has 3 aromatic carbocycles. The summed E-state index contributed by atoms with van der Waals surface area (Å²) in [6, 6.07) is 11.5. The number of hydrogen-bond donors (Lipinski definition) is 2. The molecule has 0 radical (unpaired) electrons. The molecule has 0 aliphatic carbocycles. The average molecular weight is 628 g/mol. The molecule has 0 unspecified atom stereocenters. The Labute approximate surface area is 256 Å². The van der Waals surface area contributed by atoms with E-state index in [9.17, 15) is 27.9 Å². The molecule has 7 nitrogen and oxygen atoms in total. The van der Waals surface area contributed by atoms with E-state index in [0.29, 0.717) is 46.8 Å². The Morgan fingerprint density at radius 3 is 2.27 bits per heavy atom. The van der Waals surface area contributed by atoms with Crippen molar-refractivity contribution in [2.45, 2.75) is 32.7 Å². The summed E-state index contributed by atoms with van der Waals surface area (Å²) in [6.07, 6.45) is 7.44. The molecule has 0 fully saturated rings. The predicted octanol–water partition coefficient (Wildman–Crippen LogP) is 7.70. The molecule has 0 saturated heterocycles. The minimum atomic E-state index is -1.05. The number of halogens is 4. The highest BCUT2D eigenvalue weighted by Crippen LogP contribution is 2.32. The molecule has 1 aromatic heterocycles. The first-order valence-electron chi connectivity index (χ1n) is 13.6. The SMILES string of the molecule is Cc1c(CCCC(=O)O)c2cc(F)cc(/C=C/c3ccc(OC/C=C/COc4cc(F)cc(F)c4Cl)cc3)c2n1CC(=O)O. The number of rotatable bonds is 14. The van der Waals surface area contributed by atoms with Crippen molar-refractivity contribution in [2.24, 2.45) is 0 Å². The van der Waals surface area contributed by atoms with Crippen molar-refractivity contribution in [3.8, 4) is 11.5 Å². The van der Waals surface area contributed by atoms with Crippen molar-refractivity contribution in [3.05, 3.63) is 106 Å². The molecule has 4 rings (SSSR count). The maximum absolute atomic E-state index is 14.7. The van der Waals surface area contributed by atoms with Crippen molar-refractivity contribution >= 4 is 46.6 Å². The van der Waals surface area contributed by atoms with Crippen molar-refractivity contribution in [1.29, 1.82) is 0 Å². The molecule has 0 aliphatic rings. The quantitative estimate of drug-likeness (QED) is 0.0845. The molecule has 230 valence electrons. The highest BCUT2D eigenvalue weighted by atomic mass is 35.5. The lowest BCUT2D eigenvalue weighted by molar-refractivity contribution is -0.138. The van der Waals surface area contributed by atoms with E-state index in [4.69, 9.17) is 26.2 Å². The standard InChI is InChI=1S/C33H29ClF3NO6/c1-20-26(5-4-6-30(39)40)27-16-23(35)15-22(33(27)38(20)19-31(41)42)10-7-21-8-11-25(12-9-21)43-13-2-3-14-44-29-18-24(36)17-28(37)32(29)34/h2-3,7-12,15-18H,4-6,13-14,19H2,1H3,(H,39,40)(H,41,42)/b3-2+,10-7+. The summed E-state index contributed by atoms with van der Waals surface area (Å²) in [5.41, 5.74) is 3.22. The van der Waals surface area contributed by atoms with Gasteiger partial charge >= 0.3 is 11.9 Å². The van der Waals surface area contributed by atoms with E-state index in [1.54, 1.807) is 60.1 Å². The Morgan fingerprint density at radius 2 is 1.59 bits per heavy atom. The Balaban J connectivity index is 1.43. The minimum absolute atomic E-state index is 0.0300. The lowest BCUT2D eigenvalue weighted by atomic mass is 10.0. The van der Waals surface area contributed by atoms with Crippen molar-refractivity contribution in [1.82, 2.24) is 4.57 Å². The number of fused-ring (bicyclic) bond motifs is 1. The molecule has 0 spiro atoms. The Hall–Kier alpha value is -4.70. The van der Waals surface area contributed by atoms with Gasteiger partial charge in [-0.3, -0.25) is 9.59 Å². The molecule has 0 atom stereocenters. The third-order valence-corrected chi connectivity index (χ3v) is 7.16. The highest BCUT2D eigenvalue weighted by Gasteiger charge is 2.19. The predicted molar refractivity (Wildman–Crippen MR) is 162 cm³/mol. The molecule has 2 N–H and O–H groups in total. The number of aryl methyl sites for hydroxylation is 1. The van der Waals surface area contributed by atoms with E-state index in [-0.39, 0.29) is 37.0 Å². The monoisotopic (exact) mass is 627 g/mol. The number of carbonyl (C=O) groups is 2. The number of aromatic nitrogens is 1. The lowest BCUT2D eigenvalue weighted by Gasteiger charge is -2.08. The number of ether oxygens (including phenoxy) is 2. The molecular formula is C33H29ClF3NO6. The van der Waals surface area contributed by atoms with E-state index < -0.39 is 29.4 Å². The van der Waals surface area contributed by atoms with Crippen LogP contribution in [0, 0.1) is 24.4 Å². The van der Waals surface area contributed by atoms with Crippen LogP contribution in [0.25, 0.3) is 23.1 Å². The maximum Gasteiger partial charge on any atom is 0.323 e. The lowest BCUT2D eigenvalue weighted by Crippen LogP contribution is -2.10. The Kier molecular flexibility index (Phi) is 10.7. The largest absolute Gasteiger partial charge is 0.490 e. The number of benzene rings is 3. The van der Waals surface area contributed by atoms with Gasteiger partial charge in [-0.05, 0) is 67.3 Å². The molecule has 0 saturated carbocycles. The summed E-state index contributed by atoms with van der Waals surface area (Å²) in [6.45, 7) is 1.67.